The number of hydrogen-bond acceptors (Lipinski definition) is 6. The van der Waals surface area contributed by atoms with Crippen LogP contribution in [0.3, 0.4) is 0 Å². The Morgan fingerprint density at radius 3 is 2.82 bits per heavy atom. The number of benzene rings is 2. The van der Waals surface area contributed by atoms with Crippen LogP contribution in [-0.2, 0) is 16.6 Å². The number of piperidine rings is 1. The first-order chi connectivity index (χ1) is 16.4. The molecule has 176 valence electrons. The number of methoxy groups -OCH3 is 2. The lowest BCUT2D eigenvalue weighted by molar-refractivity contribution is -0.385. The van der Waals surface area contributed by atoms with Gasteiger partial charge in [-0.25, -0.2) is 0 Å². The quantitative estimate of drug-likeness (QED) is 0.390. The fourth-order valence-electron chi connectivity index (χ4n) is 8.48. The first-order valence-electron chi connectivity index (χ1n) is 12.0. The normalized spacial score (nSPS) is 38.4. The first kappa shape index (κ1) is 20.5. The van der Waals surface area contributed by atoms with Gasteiger partial charge in [-0.2, -0.15) is 0 Å². The third-order valence-electron chi connectivity index (χ3n) is 9.73. The molecule has 1 saturated carbocycles. The monoisotopic (exact) mass is 460 g/mol. The lowest BCUT2D eigenvalue weighted by Crippen LogP contribution is -2.78. The van der Waals surface area contributed by atoms with Crippen molar-refractivity contribution in [2.45, 2.75) is 48.3 Å². The number of likely N-dealkylation sites (tertiary alicyclic amines) is 1. The van der Waals surface area contributed by atoms with Crippen LogP contribution in [0.5, 0.6) is 11.5 Å². The summed E-state index contributed by atoms with van der Waals surface area (Å²) in [6, 6.07) is 11.7. The van der Waals surface area contributed by atoms with Gasteiger partial charge in [0.1, 0.15) is 11.7 Å². The van der Waals surface area contributed by atoms with Crippen LogP contribution < -0.4 is 9.47 Å². The Labute approximate surface area is 198 Å². The molecule has 3 unspecified atom stereocenters. The third-order valence-corrected chi connectivity index (χ3v) is 9.73. The molecule has 0 aromatic heterocycles. The van der Waals surface area contributed by atoms with Gasteiger partial charge in [0.25, 0.3) is 5.69 Å². The molecule has 0 N–H and O–H groups in total. The minimum atomic E-state index is -0.615. The molecule has 0 radical (unpaired) electrons. The fraction of sp³-hybridized carbons (Fsp3) is 0.481. The summed E-state index contributed by atoms with van der Waals surface area (Å²) in [6.45, 7) is 0.970. The lowest BCUT2D eigenvalue weighted by atomic mass is 9.35. The molecule has 6 aliphatic rings. The van der Waals surface area contributed by atoms with Crippen molar-refractivity contribution < 1.29 is 19.1 Å². The van der Waals surface area contributed by atoms with Gasteiger partial charge >= 0.3 is 0 Å². The number of nitro groups is 1. The van der Waals surface area contributed by atoms with Gasteiger partial charge in [0.2, 0.25) is 0 Å². The molecule has 2 heterocycles. The Balaban J connectivity index is 1.56. The Hall–Kier alpha value is -2.90. The zero-order valence-corrected chi connectivity index (χ0v) is 19.6. The highest BCUT2D eigenvalue weighted by Gasteiger charge is 2.79. The highest BCUT2D eigenvalue weighted by Crippen LogP contribution is 2.76. The lowest BCUT2D eigenvalue weighted by Gasteiger charge is -2.72. The van der Waals surface area contributed by atoms with Gasteiger partial charge in [0.05, 0.1) is 17.4 Å². The van der Waals surface area contributed by atoms with E-state index in [4.69, 9.17) is 14.2 Å². The second-order valence-electron chi connectivity index (χ2n) is 10.6. The van der Waals surface area contributed by atoms with E-state index in [0.717, 1.165) is 42.9 Å². The third kappa shape index (κ3) is 2.04. The number of fused-ring (bicyclic) bond motifs is 1. The standard InChI is InChI=1S/C27H28N2O5/c1-28-12-11-27-22-17-7-8-20(32-2)23(22)34-24(27)25(33-3)9-10-26(27,21(28)14-17)19(15-25)16-5-4-6-18(13-16)29(30)31/h4-10,13,19,21,24H,11-12,14-15H2,1-3H3/t19-,21?,24-,25?,26?,27-/m0/s1. The largest absolute Gasteiger partial charge is 0.493 e. The topological polar surface area (TPSA) is 74.1 Å². The molecule has 2 aromatic rings. The van der Waals surface area contributed by atoms with Gasteiger partial charge in [0.15, 0.2) is 11.5 Å². The average molecular weight is 461 g/mol. The maximum atomic E-state index is 11.7. The van der Waals surface area contributed by atoms with Crippen LogP contribution in [0.2, 0.25) is 0 Å². The fourth-order valence-corrected chi connectivity index (χ4v) is 8.48. The summed E-state index contributed by atoms with van der Waals surface area (Å²) in [5.41, 5.74) is 2.60. The van der Waals surface area contributed by atoms with Crippen LogP contribution in [0.25, 0.3) is 0 Å². The molecule has 1 saturated heterocycles. The molecule has 2 aromatic carbocycles. The van der Waals surface area contributed by atoms with Gasteiger partial charge in [-0.15, -0.1) is 0 Å². The Bertz CT molecular complexity index is 1280. The SMILES string of the molecule is COc1ccc2c3c1O[C@H]1C4(OC)C=CC5(C(C2)N(C)CC[C@]315)[C@H](c1cccc([N+](=O)[O-])c1)C4. The summed E-state index contributed by atoms with van der Waals surface area (Å²) < 4.78 is 19.0. The smallest absolute Gasteiger partial charge is 0.269 e. The predicted octanol–water partition coefficient (Wildman–Crippen LogP) is 3.99. The van der Waals surface area contributed by atoms with Crippen molar-refractivity contribution in [1.82, 2.24) is 4.90 Å². The van der Waals surface area contributed by atoms with Crippen molar-refractivity contribution in [3.8, 4) is 11.5 Å². The van der Waals surface area contributed by atoms with Crippen LogP contribution in [0.15, 0.2) is 48.6 Å². The van der Waals surface area contributed by atoms with Crippen LogP contribution in [0.1, 0.15) is 35.4 Å². The van der Waals surface area contributed by atoms with E-state index in [0.29, 0.717) is 0 Å². The molecule has 2 spiro atoms. The predicted molar refractivity (Wildman–Crippen MR) is 126 cm³/mol. The van der Waals surface area contributed by atoms with E-state index in [-0.39, 0.29) is 39.5 Å². The molecule has 2 fully saturated rings. The molecule has 7 nitrogen and oxygen atoms in total. The number of likely N-dealkylation sites (N-methyl/N-ethyl adjacent to an activating group) is 1. The number of hydrogen-bond donors (Lipinski definition) is 0. The molecule has 4 bridgehead atoms. The average Bonchev–Trinajstić information content (AvgIpc) is 3.23. The second-order valence-corrected chi connectivity index (χ2v) is 10.6. The van der Waals surface area contributed by atoms with Gasteiger partial charge in [-0.05, 0) is 56.0 Å². The molecule has 4 aliphatic carbocycles. The summed E-state index contributed by atoms with van der Waals surface area (Å²) in [4.78, 5) is 13.9. The van der Waals surface area contributed by atoms with E-state index < -0.39 is 5.60 Å². The maximum absolute atomic E-state index is 11.7. The number of nitrogens with zero attached hydrogens (tertiary/aromatic N) is 2. The number of non-ortho nitro benzene ring substituents is 1. The highest BCUT2D eigenvalue weighted by atomic mass is 16.6. The number of ether oxygens (including phenoxy) is 3. The van der Waals surface area contributed by atoms with Gasteiger partial charge < -0.3 is 19.1 Å². The second kappa shape index (κ2) is 6.40. The van der Waals surface area contributed by atoms with Crippen molar-refractivity contribution in [2.24, 2.45) is 5.41 Å². The summed E-state index contributed by atoms with van der Waals surface area (Å²) in [5, 5.41) is 11.7. The van der Waals surface area contributed by atoms with Crippen LogP contribution >= 0.6 is 0 Å². The Kier molecular flexibility index (Phi) is 3.85. The highest BCUT2D eigenvalue weighted by molar-refractivity contribution is 5.66. The van der Waals surface area contributed by atoms with Crippen molar-refractivity contribution in [3.63, 3.8) is 0 Å². The zero-order chi connectivity index (χ0) is 23.5. The molecule has 34 heavy (non-hydrogen) atoms. The van der Waals surface area contributed by atoms with Gasteiger partial charge in [-0.3, -0.25) is 10.1 Å². The summed E-state index contributed by atoms with van der Waals surface area (Å²) in [7, 11) is 5.68. The zero-order valence-electron chi connectivity index (χ0n) is 19.6. The summed E-state index contributed by atoms with van der Waals surface area (Å²) >= 11 is 0. The minimum absolute atomic E-state index is 0.0650. The molecular weight excluding hydrogens is 432 g/mol. The van der Waals surface area contributed by atoms with Crippen molar-refractivity contribution in [2.75, 3.05) is 27.8 Å². The van der Waals surface area contributed by atoms with Gasteiger partial charge in [-0.1, -0.05) is 30.4 Å². The molecular formula is C27H28N2O5. The molecule has 0 amide bonds. The number of nitro benzene ring substituents is 1. The Morgan fingerprint density at radius 1 is 1.21 bits per heavy atom. The van der Waals surface area contributed by atoms with E-state index in [1.54, 1.807) is 26.4 Å². The molecule has 8 rings (SSSR count). The summed E-state index contributed by atoms with van der Waals surface area (Å²) in [6.07, 6.45) is 7.06. The van der Waals surface area contributed by atoms with Crippen molar-refractivity contribution in [3.05, 3.63) is 75.4 Å². The van der Waals surface area contributed by atoms with Crippen LogP contribution in [0.4, 0.5) is 5.69 Å². The number of rotatable bonds is 4. The summed E-state index contributed by atoms with van der Waals surface area (Å²) in [5.74, 6) is 1.70. The molecule has 2 aliphatic heterocycles. The van der Waals surface area contributed by atoms with E-state index in [1.807, 2.05) is 12.1 Å². The van der Waals surface area contributed by atoms with Gasteiger partial charge in [0, 0.05) is 36.3 Å². The Morgan fingerprint density at radius 2 is 2.06 bits per heavy atom. The van der Waals surface area contributed by atoms with E-state index in [2.05, 4.69) is 36.2 Å². The van der Waals surface area contributed by atoms with Crippen LogP contribution in [-0.4, -0.2) is 55.4 Å². The maximum Gasteiger partial charge on any atom is 0.269 e. The van der Waals surface area contributed by atoms with Crippen molar-refractivity contribution in [1.29, 1.82) is 0 Å². The molecule has 6 atom stereocenters. The van der Waals surface area contributed by atoms with E-state index in [9.17, 15) is 10.1 Å². The van der Waals surface area contributed by atoms with Crippen molar-refractivity contribution >= 4 is 5.69 Å². The minimum Gasteiger partial charge on any atom is -0.493 e. The molecule has 7 heteroatoms. The van der Waals surface area contributed by atoms with Crippen LogP contribution in [0, 0.1) is 15.5 Å². The van der Waals surface area contributed by atoms with E-state index >= 15 is 0 Å². The first-order valence-corrected chi connectivity index (χ1v) is 12.0. The van der Waals surface area contributed by atoms with E-state index in [1.165, 1.54) is 11.1 Å².